The lowest BCUT2D eigenvalue weighted by Gasteiger charge is -2.38. The summed E-state index contributed by atoms with van der Waals surface area (Å²) in [6.45, 7) is 3.68. The average Bonchev–Trinajstić information content (AvgIpc) is 2.92. The number of fused-ring (bicyclic) bond motifs is 4. The van der Waals surface area contributed by atoms with Crippen molar-refractivity contribution in [1.82, 2.24) is 14.8 Å². The zero-order chi connectivity index (χ0) is 22.1. The van der Waals surface area contributed by atoms with Crippen LogP contribution in [0, 0.1) is 11.8 Å². The molecule has 2 N–H and O–H groups in total. The molecule has 0 spiro atoms. The number of aliphatic hydroxyl groups is 1. The molecule has 4 atom stereocenters. The Hall–Kier alpha value is -2.13. The van der Waals surface area contributed by atoms with Crippen LogP contribution in [0.3, 0.4) is 0 Å². The van der Waals surface area contributed by atoms with Crippen molar-refractivity contribution in [3.8, 4) is 0 Å². The number of aromatic nitrogens is 1. The number of amides is 1. The fourth-order valence-corrected chi connectivity index (χ4v) is 4.78. The Morgan fingerprint density at radius 3 is 2.70 bits per heavy atom. The third-order valence-corrected chi connectivity index (χ3v) is 6.05. The standard InChI is InChI=1S/C21H28F3N3O3/c1-3-5-13-6-7-15-18-17(19(29)25-9-4-2)14(12-28)16(11-27(15)20(13)30)26(18)10-8-21(22,23)24/h3,5-7,14,16-18,28H,4,8-12H2,1-2H3,(H,25,29)/b5-3-/t14-,16-,17+,18+/m0/s1. The molecule has 2 bridgehead atoms. The van der Waals surface area contributed by atoms with E-state index >= 15 is 0 Å². The Morgan fingerprint density at radius 1 is 1.37 bits per heavy atom. The van der Waals surface area contributed by atoms with Gasteiger partial charge in [0.15, 0.2) is 0 Å². The summed E-state index contributed by atoms with van der Waals surface area (Å²) in [5, 5.41) is 12.9. The minimum absolute atomic E-state index is 0.150. The van der Waals surface area contributed by atoms with Crippen LogP contribution in [0.2, 0.25) is 0 Å². The second kappa shape index (κ2) is 8.93. The molecule has 30 heavy (non-hydrogen) atoms. The quantitative estimate of drug-likeness (QED) is 0.701. The number of pyridine rings is 1. The highest BCUT2D eigenvalue weighted by Crippen LogP contribution is 2.48. The highest BCUT2D eigenvalue weighted by atomic mass is 19.4. The maximum absolute atomic E-state index is 13.0. The lowest BCUT2D eigenvalue weighted by molar-refractivity contribution is -0.140. The molecule has 3 heterocycles. The predicted molar refractivity (Wildman–Crippen MR) is 107 cm³/mol. The van der Waals surface area contributed by atoms with E-state index in [-0.39, 0.29) is 31.2 Å². The van der Waals surface area contributed by atoms with Gasteiger partial charge in [0, 0.05) is 49.5 Å². The second-order valence-electron chi connectivity index (χ2n) is 7.91. The Labute approximate surface area is 173 Å². The fraction of sp³-hybridized carbons (Fsp3) is 0.619. The smallest absolute Gasteiger partial charge is 0.390 e. The van der Waals surface area contributed by atoms with Gasteiger partial charge in [0.25, 0.3) is 5.56 Å². The summed E-state index contributed by atoms with van der Waals surface area (Å²) in [4.78, 5) is 27.6. The number of hydrogen-bond acceptors (Lipinski definition) is 4. The molecule has 2 aliphatic rings. The first kappa shape index (κ1) is 22.6. The Bertz CT molecular complexity index is 865. The monoisotopic (exact) mass is 427 g/mol. The van der Waals surface area contributed by atoms with Gasteiger partial charge in [-0.3, -0.25) is 14.5 Å². The van der Waals surface area contributed by atoms with Crippen molar-refractivity contribution in [2.24, 2.45) is 11.8 Å². The van der Waals surface area contributed by atoms with E-state index in [1.54, 1.807) is 40.7 Å². The Balaban J connectivity index is 2.07. The summed E-state index contributed by atoms with van der Waals surface area (Å²) in [7, 11) is 0. The van der Waals surface area contributed by atoms with Crippen LogP contribution in [0.4, 0.5) is 13.2 Å². The number of hydrogen-bond donors (Lipinski definition) is 2. The van der Waals surface area contributed by atoms with Crippen LogP contribution in [0.15, 0.2) is 23.0 Å². The molecule has 0 saturated carbocycles. The zero-order valence-corrected chi connectivity index (χ0v) is 17.2. The van der Waals surface area contributed by atoms with E-state index in [9.17, 15) is 27.9 Å². The molecule has 6 nitrogen and oxygen atoms in total. The SMILES string of the molecule is C/C=C\c1ccc2n(c1=O)C[C@H]1[C@H](CO)[C@@H](C(=O)NCCC)[C@@H]2N1CCC(F)(F)F. The summed E-state index contributed by atoms with van der Waals surface area (Å²) >= 11 is 0. The molecule has 1 amide bonds. The van der Waals surface area contributed by atoms with Crippen LogP contribution in [-0.2, 0) is 11.3 Å². The molecular formula is C21H28F3N3O3. The van der Waals surface area contributed by atoms with Gasteiger partial charge in [-0.2, -0.15) is 13.2 Å². The van der Waals surface area contributed by atoms with Crippen molar-refractivity contribution in [2.75, 3.05) is 19.7 Å². The van der Waals surface area contributed by atoms with Crippen molar-refractivity contribution < 1.29 is 23.1 Å². The second-order valence-corrected chi connectivity index (χ2v) is 7.91. The minimum Gasteiger partial charge on any atom is -0.396 e. The molecule has 0 radical (unpaired) electrons. The first-order chi connectivity index (χ1) is 14.2. The van der Waals surface area contributed by atoms with Crippen molar-refractivity contribution in [2.45, 2.75) is 51.5 Å². The van der Waals surface area contributed by atoms with Gasteiger partial charge in [0.1, 0.15) is 0 Å². The van der Waals surface area contributed by atoms with Gasteiger partial charge in [0.2, 0.25) is 5.91 Å². The Kier molecular flexibility index (Phi) is 6.71. The molecule has 3 rings (SSSR count). The van der Waals surface area contributed by atoms with Crippen LogP contribution < -0.4 is 10.9 Å². The molecule has 0 aromatic carbocycles. The van der Waals surface area contributed by atoms with E-state index in [2.05, 4.69) is 5.32 Å². The van der Waals surface area contributed by atoms with Gasteiger partial charge < -0.3 is 15.0 Å². The number of alkyl halides is 3. The first-order valence-corrected chi connectivity index (χ1v) is 10.3. The molecule has 1 aromatic heterocycles. The van der Waals surface area contributed by atoms with Gasteiger partial charge in [-0.25, -0.2) is 0 Å². The van der Waals surface area contributed by atoms with Gasteiger partial charge >= 0.3 is 6.18 Å². The number of rotatable bonds is 7. The third kappa shape index (κ3) is 4.18. The topological polar surface area (TPSA) is 74.6 Å². The minimum atomic E-state index is -4.33. The van der Waals surface area contributed by atoms with Gasteiger partial charge in [0.05, 0.1) is 18.4 Å². The van der Waals surface area contributed by atoms with E-state index in [4.69, 9.17) is 0 Å². The van der Waals surface area contributed by atoms with Crippen LogP contribution >= 0.6 is 0 Å². The molecule has 166 valence electrons. The van der Waals surface area contributed by atoms with E-state index < -0.39 is 36.5 Å². The molecule has 1 aromatic rings. The van der Waals surface area contributed by atoms with Crippen molar-refractivity contribution >= 4 is 12.0 Å². The summed E-state index contributed by atoms with van der Waals surface area (Å²) in [6.07, 6.45) is -1.20. The van der Waals surface area contributed by atoms with E-state index in [1.165, 1.54) is 0 Å². The van der Waals surface area contributed by atoms with Crippen molar-refractivity contribution in [3.05, 3.63) is 39.8 Å². The van der Waals surface area contributed by atoms with Gasteiger partial charge in [-0.15, -0.1) is 0 Å². The van der Waals surface area contributed by atoms with Crippen LogP contribution in [0.5, 0.6) is 0 Å². The fourth-order valence-electron chi connectivity index (χ4n) is 4.78. The number of allylic oxidation sites excluding steroid dienone is 1. The zero-order valence-electron chi connectivity index (χ0n) is 17.2. The lowest BCUT2D eigenvalue weighted by Crippen LogP contribution is -2.47. The first-order valence-electron chi connectivity index (χ1n) is 10.3. The van der Waals surface area contributed by atoms with Crippen LogP contribution in [0.25, 0.3) is 6.08 Å². The third-order valence-electron chi connectivity index (χ3n) is 6.05. The van der Waals surface area contributed by atoms with Crippen molar-refractivity contribution in [3.63, 3.8) is 0 Å². The van der Waals surface area contributed by atoms with Gasteiger partial charge in [-0.05, 0) is 25.5 Å². The van der Waals surface area contributed by atoms with Crippen LogP contribution in [-0.4, -0.2) is 52.4 Å². The summed E-state index contributed by atoms with van der Waals surface area (Å²) in [5.74, 6) is -1.57. The average molecular weight is 427 g/mol. The van der Waals surface area contributed by atoms with Gasteiger partial charge in [-0.1, -0.05) is 19.1 Å². The molecule has 1 saturated heterocycles. The van der Waals surface area contributed by atoms with E-state index in [0.717, 1.165) is 6.42 Å². The summed E-state index contributed by atoms with van der Waals surface area (Å²) in [6, 6.07) is 2.15. The maximum atomic E-state index is 13.0. The molecule has 9 heteroatoms. The Morgan fingerprint density at radius 2 is 2.10 bits per heavy atom. The lowest BCUT2D eigenvalue weighted by atomic mass is 9.86. The summed E-state index contributed by atoms with van der Waals surface area (Å²) in [5.41, 5.74) is 0.776. The molecular weight excluding hydrogens is 399 g/mol. The summed E-state index contributed by atoms with van der Waals surface area (Å²) < 4.78 is 40.5. The highest BCUT2D eigenvalue weighted by molar-refractivity contribution is 5.80. The molecule has 2 aliphatic heterocycles. The number of nitrogens with zero attached hydrogens (tertiary/aromatic N) is 2. The number of carbonyl (C=O) groups excluding carboxylic acids is 1. The van der Waals surface area contributed by atoms with Crippen LogP contribution in [0.1, 0.15) is 44.0 Å². The van der Waals surface area contributed by atoms with E-state index in [1.807, 2.05) is 6.92 Å². The molecule has 0 unspecified atom stereocenters. The van der Waals surface area contributed by atoms with E-state index in [0.29, 0.717) is 17.8 Å². The normalized spacial score (nSPS) is 26.2. The van der Waals surface area contributed by atoms with Crippen molar-refractivity contribution in [1.29, 1.82) is 0 Å². The molecule has 0 aliphatic carbocycles. The largest absolute Gasteiger partial charge is 0.396 e. The number of nitrogens with one attached hydrogen (secondary N) is 1. The molecule has 1 fully saturated rings. The maximum Gasteiger partial charge on any atom is 0.390 e. The number of halogens is 3. The number of aliphatic hydroxyl groups excluding tert-OH is 1. The predicted octanol–water partition coefficient (Wildman–Crippen LogP) is 2.32. The highest BCUT2D eigenvalue weighted by Gasteiger charge is 2.55. The number of carbonyl (C=O) groups is 1.